The number of nitrogens with zero attached hydrogens (tertiary/aromatic N) is 1. The molecule has 1 fully saturated rings. The summed E-state index contributed by atoms with van der Waals surface area (Å²) in [4.78, 5) is 3.12. The highest BCUT2D eigenvalue weighted by Crippen LogP contribution is 2.28. The topological polar surface area (TPSA) is 12.5 Å². The Hall–Kier alpha value is -0.810. The quantitative estimate of drug-likeness (QED) is 0.485. The molecule has 0 aliphatic carbocycles. The summed E-state index contributed by atoms with van der Waals surface area (Å²) in [7, 11) is 0. The van der Waals surface area contributed by atoms with Crippen LogP contribution in [0.5, 0.6) is 5.75 Å². The van der Waals surface area contributed by atoms with E-state index in [4.69, 9.17) is 40.2 Å². The predicted octanol–water partition coefficient (Wildman–Crippen LogP) is 6.50. The molecule has 3 rings (SSSR count). The second kappa shape index (κ2) is 8.72. The second-order valence-electron chi connectivity index (χ2n) is 6.03. The van der Waals surface area contributed by atoms with Gasteiger partial charge >= 0.3 is 0 Å². The Morgan fingerprint density at radius 1 is 1.04 bits per heavy atom. The highest BCUT2D eigenvalue weighted by molar-refractivity contribution is 9.10. The van der Waals surface area contributed by atoms with Crippen molar-refractivity contribution < 1.29 is 4.74 Å². The van der Waals surface area contributed by atoms with Gasteiger partial charge in [-0.2, -0.15) is 0 Å². The minimum atomic E-state index is 0.411. The summed E-state index contributed by atoms with van der Waals surface area (Å²) >= 11 is 21.3. The number of benzene rings is 2. The average Bonchev–Trinajstić information content (AvgIpc) is 2.63. The lowest BCUT2D eigenvalue weighted by Gasteiger charge is -2.30. The number of halogens is 3. The first kappa shape index (κ1) is 19.0. The largest absolute Gasteiger partial charge is 0.488 e. The number of thiocarbonyl (C=S) groups is 1. The SMILES string of the molecule is S=C(c1cc(Br)ccc1OCc1ccc(Cl)c(Cl)c1)N1CCCCC1. The van der Waals surface area contributed by atoms with Crippen molar-refractivity contribution in [2.45, 2.75) is 25.9 Å². The van der Waals surface area contributed by atoms with Gasteiger partial charge in [0, 0.05) is 17.6 Å². The maximum Gasteiger partial charge on any atom is 0.130 e. The molecule has 0 atom stereocenters. The van der Waals surface area contributed by atoms with Gasteiger partial charge in [0.1, 0.15) is 17.3 Å². The van der Waals surface area contributed by atoms with E-state index in [1.54, 1.807) is 6.07 Å². The fourth-order valence-electron chi connectivity index (χ4n) is 2.85. The van der Waals surface area contributed by atoms with Crippen LogP contribution in [0.3, 0.4) is 0 Å². The van der Waals surface area contributed by atoms with Crippen molar-refractivity contribution in [1.82, 2.24) is 4.90 Å². The standard InChI is InChI=1S/C19H18BrCl2NOS/c20-14-5-7-18(24-12-13-4-6-16(21)17(22)10-13)15(11-14)19(25)23-8-2-1-3-9-23/h4-7,10-11H,1-3,8-9,12H2. The van der Waals surface area contributed by atoms with Gasteiger partial charge in [0.25, 0.3) is 0 Å². The third-order valence-electron chi connectivity index (χ3n) is 4.19. The van der Waals surface area contributed by atoms with E-state index in [1.807, 2.05) is 30.3 Å². The van der Waals surface area contributed by atoms with Crippen molar-refractivity contribution in [2.24, 2.45) is 0 Å². The fourth-order valence-corrected chi connectivity index (χ4v) is 3.88. The zero-order valence-corrected chi connectivity index (χ0v) is 17.5. The van der Waals surface area contributed by atoms with Gasteiger partial charge in [0.2, 0.25) is 0 Å². The molecule has 0 spiro atoms. The normalized spacial score (nSPS) is 14.4. The fraction of sp³-hybridized carbons (Fsp3) is 0.316. The molecule has 2 aromatic rings. The number of likely N-dealkylation sites (tertiary alicyclic amines) is 1. The van der Waals surface area contributed by atoms with E-state index in [-0.39, 0.29) is 0 Å². The van der Waals surface area contributed by atoms with E-state index < -0.39 is 0 Å². The molecule has 1 aliphatic heterocycles. The Bertz CT molecular complexity index is 778. The minimum Gasteiger partial charge on any atom is -0.488 e. The maximum absolute atomic E-state index is 6.08. The summed E-state index contributed by atoms with van der Waals surface area (Å²) in [5, 5.41) is 1.07. The Kier molecular flexibility index (Phi) is 6.61. The Labute approximate surface area is 172 Å². The summed E-state index contributed by atoms with van der Waals surface area (Å²) in [5.41, 5.74) is 1.92. The Balaban J connectivity index is 1.78. The van der Waals surface area contributed by atoms with Crippen molar-refractivity contribution >= 4 is 56.3 Å². The van der Waals surface area contributed by atoms with Crippen LogP contribution < -0.4 is 4.74 Å². The van der Waals surface area contributed by atoms with Crippen molar-refractivity contribution in [3.05, 3.63) is 62.0 Å². The van der Waals surface area contributed by atoms with Gasteiger partial charge in [-0.25, -0.2) is 0 Å². The summed E-state index contributed by atoms with van der Waals surface area (Å²) in [6.45, 7) is 2.43. The Morgan fingerprint density at radius 2 is 1.80 bits per heavy atom. The molecule has 0 N–H and O–H groups in total. The molecule has 25 heavy (non-hydrogen) atoms. The van der Waals surface area contributed by atoms with Crippen LogP contribution in [0.25, 0.3) is 0 Å². The van der Waals surface area contributed by atoms with Gasteiger partial charge in [-0.1, -0.05) is 57.4 Å². The zero-order chi connectivity index (χ0) is 17.8. The number of hydrogen-bond donors (Lipinski definition) is 0. The molecule has 6 heteroatoms. The maximum atomic E-state index is 6.08. The predicted molar refractivity (Wildman–Crippen MR) is 112 cm³/mol. The molecular weight excluding hydrogens is 441 g/mol. The minimum absolute atomic E-state index is 0.411. The summed E-state index contributed by atoms with van der Waals surface area (Å²) in [5.74, 6) is 0.782. The highest BCUT2D eigenvalue weighted by atomic mass is 79.9. The average molecular weight is 459 g/mol. The molecule has 0 saturated carbocycles. The molecule has 0 unspecified atom stereocenters. The van der Waals surface area contributed by atoms with E-state index in [2.05, 4.69) is 20.8 Å². The van der Waals surface area contributed by atoms with Gasteiger partial charge < -0.3 is 9.64 Å². The number of rotatable bonds is 4. The second-order valence-corrected chi connectivity index (χ2v) is 8.15. The van der Waals surface area contributed by atoms with Gasteiger partial charge in [-0.15, -0.1) is 0 Å². The van der Waals surface area contributed by atoms with Gasteiger partial charge in [0.05, 0.1) is 15.6 Å². The molecule has 2 nitrogen and oxygen atoms in total. The number of ether oxygens (including phenoxy) is 1. The van der Waals surface area contributed by atoms with Crippen LogP contribution >= 0.6 is 51.3 Å². The lowest BCUT2D eigenvalue weighted by Crippen LogP contribution is -2.35. The van der Waals surface area contributed by atoms with E-state index in [0.29, 0.717) is 16.7 Å². The Morgan fingerprint density at radius 3 is 2.52 bits per heavy atom. The summed E-state index contributed by atoms with van der Waals surface area (Å²) in [6, 6.07) is 11.5. The van der Waals surface area contributed by atoms with Crippen LogP contribution in [0.4, 0.5) is 0 Å². The molecule has 1 heterocycles. The van der Waals surface area contributed by atoms with Gasteiger partial charge in [-0.3, -0.25) is 0 Å². The first-order chi connectivity index (χ1) is 12.0. The van der Waals surface area contributed by atoms with Gasteiger partial charge in [0.15, 0.2) is 0 Å². The highest BCUT2D eigenvalue weighted by Gasteiger charge is 2.18. The lowest BCUT2D eigenvalue weighted by molar-refractivity contribution is 0.303. The molecule has 0 amide bonds. The molecule has 0 bridgehead atoms. The first-order valence-electron chi connectivity index (χ1n) is 8.20. The third-order valence-corrected chi connectivity index (χ3v) is 5.90. The third kappa shape index (κ3) is 4.88. The van der Waals surface area contributed by atoms with E-state index in [9.17, 15) is 0 Å². The molecule has 0 radical (unpaired) electrons. The zero-order valence-electron chi connectivity index (χ0n) is 13.6. The van der Waals surface area contributed by atoms with Crippen LogP contribution in [0.15, 0.2) is 40.9 Å². The molecule has 1 aliphatic rings. The van der Waals surface area contributed by atoms with Crippen LogP contribution in [0, 0.1) is 0 Å². The molecule has 1 saturated heterocycles. The molecular formula is C19H18BrCl2NOS. The monoisotopic (exact) mass is 457 g/mol. The van der Waals surface area contributed by atoms with Crippen LogP contribution in [-0.2, 0) is 6.61 Å². The van der Waals surface area contributed by atoms with E-state index >= 15 is 0 Å². The van der Waals surface area contributed by atoms with E-state index in [1.165, 1.54) is 19.3 Å². The summed E-state index contributed by atoms with van der Waals surface area (Å²) < 4.78 is 7.04. The van der Waals surface area contributed by atoms with Crippen molar-refractivity contribution in [2.75, 3.05) is 13.1 Å². The van der Waals surface area contributed by atoms with Gasteiger partial charge in [-0.05, 0) is 55.2 Å². The smallest absolute Gasteiger partial charge is 0.130 e. The van der Waals surface area contributed by atoms with Crippen LogP contribution in [0.1, 0.15) is 30.4 Å². The molecule has 2 aromatic carbocycles. The van der Waals surface area contributed by atoms with Crippen molar-refractivity contribution in [1.29, 1.82) is 0 Å². The van der Waals surface area contributed by atoms with Crippen LogP contribution in [0.2, 0.25) is 10.0 Å². The first-order valence-corrected chi connectivity index (χ1v) is 10.2. The molecule has 132 valence electrons. The number of hydrogen-bond acceptors (Lipinski definition) is 2. The number of piperidine rings is 1. The van der Waals surface area contributed by atoms with Crippen molar-refractivity contribution in [3.8, 4) is 5.75 Å². The summed E-state index contributed by atoms with van der Waals surface area (Å²) in [6.07, 6.45) is 3.65. The molecule has 0 aromatic heterocycles. The van der Waals surface area contributed by atoms with E-state index in [0.717, 1.165) is 39.4 Å². The lowest BCUT2D eigenvalue weighted by atomic mass is 10.1. The van der Waals surface area contributed by atoms with Crippen LogP contribution in [-0.4, -0.2) is 23.0 Å². The van der Waals surface area contributed by atoms with Crippen molar-refractivity contribution in [3.63, 3.8) is 0 Å².